The van der Waals surface area contributed by atoms with Crippen molar-refractivity contribution in [2.24, 2.45) is 0 Å². The van der Waals surface area contributed by atoms with Crippen molar-refractivity contribution < 1.29 is 0 Å². The van der Waals surface area contributed by atoms with Gasteiger partial charge in [-0.3, -0.25) is 0 Å². The van der Waals surface area contributed by atoms with Gasteiger partial charge in [0.05, 0.1) is 0 Å². The van der Waals surface area contributed by atoms with E-state index in [1.807, 2.05) is 25.2 Å². The Morgan fingerprint density at radius 2 is 2.10 bits per heavy atom. The quantitative estimate of drug-likeness (QED) is 0.402. The van der Waals surface area contributed by atoms with E-state index < -0.39 is 0 Å². The summed E-state index contributed by atoms with van der Waals surface area (Å²) in [7, 11) is 0. The molecule has 0 aromatic carbocycles. The second kappa shape index (κ2) is 15.7. The van der Waals surface area contributed by atoms with Gasteiger partial charge in [-0.1, -0.05) is 38.3 Å². The molecule has 0 fully saturated rings. The van der Waals surface area contributed by atoms with Gasteiger partial charge in [0.1, 0.15) is 0 Å². The topological polar surface area (TPSA) is 0 Å². The zero-order valence-corrected chi connectivity index (χ0v) is 6.93. The first-order chi connectivity index (χ1) is 4.83. The molecule has 0 aliphatic carbocycles. The lowest BCUT2D eigenvalue weighted by atomic mass is 10.5. The van der Waals surface area contributed by atoms with Crippen LogP contribution in [0.15, 0.2) is 43.2 Å². The van der Waals surface area contributed by atoms with Crippen LogP contribution in [0.25, 0.3) is 0 Å². The van der Waals surface area contributed by atoms with Crippen LogP contribution in [0.2, 0.25) is 0 Å². The Morgan fingerprint density at radius 1 is 1.50 bits per heavy atom. The maximum absolute atomic E-state index is 3.46. The lowest BCUT2D eigenvalue weighted by molar-refractivity contribution is 1.23. The lowest BCUT2D eigenvalue weighted by Gasteiger charge is -1.59. The van der Waals surface area contributed by atoms with E-state index >= 15 is 0 Å². The van der Waals surface area contributed by atoms with E-state index in [1.54, 1.807) is 6.08 Å². The molecule has 0 spiro atoms. The van der Waals surface area contributed by atoms with Crippen molar-refractivity contribution in [1.82, 2.24) is 0 Å². The normalized spacial score (nSPS) is 7.40. The predicted molar refractivity (Wildman–Crippen MR) is 49.0 cm³/mol. The zero-order valence-electron chi connectivity index (χ0n) is 6.93. The van der Waals surface area contributed by atoms with Crippen LogP contribution < -0.4 is 0 Å². The average molecular weight is 136 g/mol. The first-order valence-corrected chi connectivity index (χ1v) is 3.41. The third-order valence-electron chi connectivity index (χ3n) is 0.677. The van der Waals surface area contributed by atoms with E-state index in [0.717, 1.165) is 6.42 Å². The second-order valence-electron chi connectivity index (χ2n) is 1.58. The Morgan fingerprint density at radius 3 is 2.10 bits per heavy atom. The van der Waals surface area contributed by atoms with E-state index in [0.29, 0.717) is 0 Å². The highest BCUT2D eigenvalue weighted by atomic mass is 13.6. The molecule has 0 N–H and O–H groups in total. The molecule has 0 amide bonds. The minimum atomic E-state index is 1.05. The summed E-state index contributed by atoms with van der Waals surface area (Å²) in [6.45, 7) is 10.8. The molecule has 0 aliphatic heterocycles. The van der Waals surface area contributed by atoms with Crippen LogP contribution >= 0.6 is 0 Å². The maximum atomic E-state index is 3.46. The van der Waals surface area contributed by atoms with E-state index in [9.17, 15) is 0 Å². The Labute approximate surface area is 64.3 Å². The van der Waals surface area contributed by atoms with Crippen molar-refractivity contribution in [3.63, 3.8) is 0 Å². The van der Waals surface area contributed by atoms with Gasteiger partial charge in [-0.2, -0.15) is 0 Å². The molecular weight excluding hydrogens is 120 g/mol. The van der Waals surface area contributed by atoms with Crippen molar-refractivity contribution in [2.45, 2.75) is 20.3 Å². The summed E-state index contributed by atoms with van der Waals surface area (Å²) in [4.78, 5) is 0. The number of hydrogen-bond donors (Lipinski definition) is 0. The molecule has 0 saturated heterocycles. The Bertz CT molecular complexity index is 123. The summed E-state index contributed by atoms with van der Waals surface area (Å²) in [5.74, 6) is 0. The summed E-state index contributed by atoms with van der Waals surface area (Å²) >= 11 is 0. The summed E-state index contributed by atoms with van der Waals surface area (Å²) in [6, 6.07) is 0. The number of hydrogen-bond acceptors (Lipinski definition) is 0. The molecule has 0 atom stereocenters. The largest absolute Gasteiger partial charge is 0.133 e. The summed E-state index contributed by atoms with van der Waals surface area (Å²) in [5, 5.41) is 0. The lowest BCUT2D eigenvalue weighted by Crippen LogP contribution is -1.39. The third-order valence-corrected chi connectivity index (χ3v) is 0.677. The van der Waals surface area contributed by atoms with Gasteiger partial charge in [-0.15, -0.1) is 5.73 Å². The molecule has 0 unspecified atom stereocenters. The molecule has 0 nitrogen and oxygen atoms in total. The van der Waals surface area contributed by atoms with Gasteiger partial charge in [0.15, 0.2) is 0 Å². The average Bonchev–Trinajstić information content (AvgIpc) is 1.93. The van der Waals surface area contributed by atoms with Gasteiger partial charge in [-0.05, 0) is 19.4 Å². The van der Waals surface area contributed by atoms with Gasteiger partial charge in [0, 0.05) is 0 Å². The van der Waals surface area contributed by atoms with Crippen LogP contribution in [0.5, 0.6) is 0 Å². The SMILES string of the molecule is C=C=CCC.C=CC=CC. The zero-order chi connectivity index (χ0) is 8.24. The van der Waals surface area contributed by atoms with Gasteiger partial charge in [0.25, 0.3) is 0 Å². The Kier molecular flexibility index (Phi) is 18.4. The fourth-order valence-electron chi connectivity index (χ4n) is 0.280. The minimum absolute atomic E-state index is 1.05. The molecule has 0 heterocycles. The number of allylic oxidation sites excluding steroid dienone is 4. The third kappa shape index (κ3) is 28.0. The molecule has 0 aliphatic rings. The molecule has 0 saturated carbocycles. The predicted octanol–water partition coefficient (Wildman–Crippen LogP) is 3.49. The minimum Gasteiger partial charge on any atom is -0.133 e. The smallest absolute Gasteiger partial charge is 0.0303 e. The molecule has 0 rings (SSSR count). The van der Waals surface area contributed by atoms with Crippen LogP contribution in [0.4, 0.5) is 0 Å². The summed E-state index contributed by atoms with van der Waals surface area (Å²) in [5.41, 5.74) is 2.64. The molecule has 0 radical (unpaired) electrons. The molecule has 0 aromatic heterocycles. The standard InChI is InChI=1S/2C5H8/c2*1-3-5-4-2/h5H,1,4H2,2H3;3-5H,1H2,2H3. The van der Waals surface area contributed by atoms with Crippen LogP contribution in [-0.4, -0.2) is 0 Å². The molecule has 0 bridgehead atoms. The van der Waals surface area contributed by atoms with Crippen molar-refractivity contribution >= 4 is 0 Å². The van der Waals surface area contributed by atoms with Crippen LogP contribution in [0.3, 0.4) is 0 Å². The molecule has 10 heavy (non-hydrogen) atoms. The Hall–Kier alpha value is -1.00. The van der Waals surface area contributed by atoms with Crippen LogP contribution in [0.1, 0.15) is 20.3 Å². The maximum Gasteiger partial charge on any atom is -0.0303 e. The summed E-state index contributed by atoms with van der Waals surface area (Å²) in [6.07, 6.45) is 8.51. The first-order valence-electron chi connectivity index (χ1n) is 3.41. The van der Waals surface area contributed by atoms with E-state index in [2.05, 4.69) is 25.8 Å². The van der Waals surface area contributed by atoms with Gasteiger partial charge >= 0.3 is 0 Å². The second-order valence-corrected chi connectivity index (χ2v) is 1.58. The number of rotatable bonds is 2. The summed E-state index contributed by atoms with van der Waals surface area (Å²) < 4.78 is 0. The molecule has 0 aromatic rings. The molecule has 0 heteroatoms. The highest BCUT2D eigenvalue weighted by Gasteiger charge is 1.49. The van der Waals surface area contributed by atoms with Gasteiger partial charge < -0.3 is 0 Å². The van der Waals surface area contributed by atoms with E-state index in [1.165, 1.54) is 0 Å². The van der Waals surface area contributed by atoms with Crippen molar-refractivity contribution in [2.75, 3.05) is 0 Å². The fourth-order valence-corrected chi connectivity index (χ4v) is 0.280. The highest BCUT2D eigenvalue weighted by molar-refractivity contribution is 4.94. The van der Waals surface area contributed by atoms with Gasteiger partial charge in [0.2, 0.25) is 0 Å². The molecule has 56 valence electrons. The van der Waals surface area contributed by atoms with Gasteiger partial charge in [-0.25, -0.2) is 0 Å². The van der Waals surface area contributed by atoms with Crippen LogP contribution in [-0.2, 0) is 0 Å². The highest BCUT2D eigenvalue weighted by Crippen LogP contribution is 1.69. The first kappa shape index (κ1) is 11.8. The van der Waals surface area contributed by atoms with Crippen molar-refractivity contribution in [1.29, 1.82) is 0 Å². The monoisotopic (exact) mass is 136 g/mol. The Balaban J connectivity index is 0. The van der Waals surface area contributed by atoms with Crippen molar-refractivity contribution in [3.05, 3.63) is 43.2 Å². The fraction of sp³-hybridized carbons (Fsp3) is 0.300. The van der Waals surface area contributed by atoms with E-state index in [4.69, 9.17) is 0 Å². The van der Waals surface area contributed by atoms with Crippen molar-refractivity contribution in [3.8, 4) is 0 Å². The van der Waals surface area contributed by atoms with Crippen LogP contribution in [0, 0.1) is 0 Å². The van der Waals surface area contributed by atoms with E-state index in [-0.39, 0.29) is 0 Å². The molecular formula is C10H16.